The highest BCUT2D eigenvalue weighted by atomic mass is 32.2. The first-order valence-corrected chi connectivity index (χ1v) is 11.1. The summed E-state index contributed by atoms with van der Waals surface area (Å²) in [7, 11) is -3.89. The number of nitrogens with one attached hydrogen (secondary N) is 1. The fraction of sp³-hybridized carbons (Fsp3) is 0.350. The number of anilines is 1. The molecule has 30 heavy (non-hydrogen) atoms. The molecule has 0 radical (unpaired) electrons. The Morgan fingerprint density at radius 1 is 1.27 bits per heavy atom. The van der Waals surface area contributed by atoms with Crippen LogP contribution in [-0.4, -0.2) is 38.2 Å². The summed E-state index contributed by atoms with van der Waals surface area (Å²) in [6, 6.07) is 9.98. The number of benzene rings is 2. The first-order valence-electron chi connectivity index (χ1n) is 9.28. The van der Waals surface area contributed by atoms with Crippen LogP contribution in [0.1, 0.15) is 25.0 Å². The van der Waals surface area contributed by atoms with Crippen LogP contribution in [0, 0.1) is 17.0 Å². The minimum atomic E-state index is -3.89. The Kier molecular flexibility index (Phi) is 7.38. The van der Waals surface area contributed by atoms with Crippen LogP contribution in [-0.2, 0) is 21.4 Å². The van der Waals surface area contributed by atoms with Gasteiger partial charge in [-0.2, -0.15) is 0 Å². The van der Waals surface area contributed by atoms with E-state index in [0.29, 0.717) is 17.9 Å². The number of nitro benzene ring substituents is 1. The zero-order chi connectivity index (χ0) is 22.5. The van der Waals surface area contributed by atoms with Crippen molar-refractivity contribution in [2.45, 2.75) is 33.4 Å². The molecule has 0 fully saturated rings. The van der Waals surface area contributed by atoms with E-state index in [1.54, 1.807) is 25.1 Å². The number of hydrogen-bond donors (Lipinski definition) is 1. The molecule has 0 saturated heterocycles. The Morgan fingerprint density at radius 2 is 1.97 bits per heavy atom. The average Bonchev–Trinajstić information content (AvgIpc) is 2.67. The van der Waals surface area contributed by atoms with Crippen molar-refractivity contribution in [1.82, 2.24) is 5.32 Å². The number of ether oxygens (including phenoxy) is 1. The van der Waals surface area contributed by atoms with Crippen LogP contribution in [0.15, 0.2) is 42.5 Å². The molecule has 0 aliphatic carbocycles. The molecule has 0 aromatic heterocycles. The molecule has 0 saturated carbocycles. The molecule has 0 aliphatic heterocycles. The van der Waals surface area contributed by atoms with Crippen LogP contribution in [0.25, 0.3) is 0 Å². The zero-order valence-electron chi connectivity index (χ0n) is 17.3. The minimum absolute atomic E-state index is 0.0905. The van der Waals surface area contributed by atoms with Crippen molar-refractivity contribution in [3.05, 3.63) is 63.7 Å². The van der Waals surface area contributed by atoms with E-state index in [4.69, 9.17) is 4.74 Å². The van der Waals surface area contributed by atoms with Crippen LogP contribution < -0.4 is 14.4 Å². The minimum Gasteiger partial charge on any atom is -0.494 e. The molecule has 0 unspecified atom stereocenters. The second-order valence-corrected chi connectivity index (χ2v) is 8.62. The number of carbonyl (C=O) groups is 1. The van der Waals surface area contributed by atoms with Crippen LogP contribution in [0.5, 0.6) is 5.75 Å². The van der Waals surface area contributed by atoms with E-state index in [1.165, 1.54) is 19.1 Å². The quantitative estimate of drug-likeness (QED) is 0.478. The van der Waals surface area contributed by atoms with Gasteiger partial charge in [-0.15, -0.1) is 0 Å². The summed E-state index contributed by atoms with van der Waals surface area (Å²) in [5.41, 5.74) is 1.12. The molecule has 0 heterocycles. The van der Waals surface area contributed by atoms with Crippen molar-refractivity contribution in [3.8, 4) is 5.75 Å². The van der Waals surface area contributed by atoms with Crippen molar-refractivity contribution < 1.29 is 22.9 Å². The third kappa shape index (κ3) is 5.69. The van der Waals surface area contributed by atoms with Gasteiger partial charge in [0.15, 0.2) is 0 Å². The van der Waals surface area contributed by atoms with Gasteiger partial charge < -0.3 is 10.1 Å². The number of non-ortho nitro benzene ring substituents is 1. The van der Waals surface area contributed by atoms with E-state index in [9.17, 15) is 23.3 Å². The van der Waals surface area contributed by atoms with E-state index >= 15 is 0 Å². The molecule has 10 heteroatoms. The lowest BCUT2D eigenvalue weighted by Crippen LogP contribution is -2.48. The van der Waals surface area contributed by atoms with Gasteiger partial charge in [0.1, 0.15) is 11.8 Å². The largest absolute Gasteiger partial charge is 0.494 e. The highest BCUT2D eigenvalue weighted by molar-refractivity contribution is 7.92. The average molecular weight is 436 g/mol. The number of carbonyl (C=O) groups excluding carboxylic acids is 1. The summed E-state index contributed by atoms with van der Waals surface area (Å²) >= 11 is 0. The summed E-state index contributed by atoms with van der Waals surface area (Å²) in [6.45, 7) is 5.62. The van der Waals surface area contributed by atoms with Gasteiger partial charge in [-0.3, -0.25) is 19.2 Å². The van der Waals surface area contributed by atoms with E-state index < -0.39 is 26.9 Å². The van der Waals surface area contributed by atoms with Crippen molar-refractivity contribution in [2.75, 3.05) is 17.2 Å². The Morgan fingerprint density at radius 3 is 2.57 bits per heavy atom. The van der Waals surface area contributed by atoms with Gasteiger partial charge in [0.2, 0.25) is 15.9 Å². The molecule has 162 valence electrons. The van der Waals surface area contributed by atoms with E-state index in [0.717, 1.165) is 22.2 Å². The number of sulfonamides is 1. The van der Waals surface area contributed by atoms with Gasteiger partial charge in [0, 0.05) is 18.7 Å². The van der Waals surface area contributed by atoms with Gasteiger partial charge in [-0.1, -0.05) is 18.2 Å². The normalized spacial score (nSPS) is 12.1. The number of aryl methyl sites for hydroxylation is 1. The van der Waals surface area contributed by atoms with Crippen LogP contribution in [0.2, 0.25) is 0 Å². The Labute approximate surface area is 175 Å². The molecular weight excluding hydrogens is 410 g/mol. The van der Waals surface area contributed by atoms with E-state index in [1.807, 2.05) is 13.0 Å². The van der Waals surface area contributed by atoms with Gasteiger partial charge in [0.25, 0.3) is 5.69 Å². The van der Waals surface area contributed by atoms with Crippen LogP contribution >= 0.6 is 0 Å². The lowest BCUT2D eigenvalue weighted by atomic mass is 10.1. The molecule has 0 bridgehead atoms. The second-order valence-electron chi connectivity index (χ2n) is 6.76. The molecule has 1 N–H and O–H groups in total. The molecule has 0 spiro atoms. The van der Waals surface area contributed by atoms with Crippen molar-refractivity contribution in [1.29, 1.82) is 0 Å². The van der Waals surface area contributed by atoms with Gasteiger partial charge in [0.05, 0.1) is 23.5 Å². The maximum atomic E-state index is 12.7. The topological polar surface area (TPSA) is 119 Å². The maximum absolute atomic E-state index is 12.7. The van der Waals surface area contributed by atoms with Gasteiger partial charge >= 0.3 is 0 Å². The van der Waals surface area contributed by atoms with Crippen molar-refractivity contribution in [2.24, 2.45) is 0 Å². The van der Waals surface area contributed by atoms with E-state index in [-0.39, 0.29) is 17.9 Å². The standard InChI is InChI=1S/C20H25N3O6S/c1-5-29-18-8-6-7-16(11-18)13-21-20(24)15(3)22(30(4,27)28)19-12-17(23(25)26)10-9-14(19)2/h6-12,15H,5,13H2,1-4H3,(H,21,24)/t15-/m0/s1. The number of rotatable bonds is 9. The fourth-order valence-electron chi connectivity index (χ4n) is 2.98. The lowest BCUT2D eigenvalue weighted by molar-refractivity contribution is -0.384. The lowest BCUT2D eigenvalue weighted by Gasteiger charge is -2.29. The smallest absolute Gasteiger partial charge is 0.271 e. The van der Waals surface area contributed by atoms with Gasteiger partial charge in [-0.05, 0) is 44.0 Å². The molecule has 2 aromatic rings. The zero-order valence-corrected chi connectivity index (χ0v) is 18.1. The van der Waals surface area contributed by atoms with E-state index in [2.05, 4.69) is 5.32 Å². The van der Waals surface area contributed by atoms with Gasteiger partial charge in [-0.25, -0.2) is 8.42 Å². The highest BCUT2D eigenvalue weighted by Crippen LogP contribution is 2.29. The fourth-order valence-corrected chi connectivity index (χ4v) is 4.20. The monoisotopic (exact) mass is 435 g/mol. The summed E-state index contributed by atoms with van der Waals surface area (Å²) < 4.78 is 31.3. The third-order valence-electron chi connectivity index (χ3n) is 4.41. The van der Waals surface area contributed by atoms with Crippen LogP contribution in [0.4, 0.5) is 11.4 Å². The molecule has 2 aromatic carbocycles. The number of nitro groups is 1. The van der Waals surface area contributed by atoms with Crippen molar-refractivity contribution in [3.63, 3.8) is 0 Å². The van der Waals surface area contributed by atoms with Crippen molar-refractivity contribution >= 4 is 27.3 Å². The maximum Gasteiger partial charge on any atom is 0.271 e. The highest BCUT2D eigenvalue weighted by Gasteiger charge is 2.31. The number of amides is 1. The first-order chi connectivity index (χ1) is 14.0. The van der Waals surface area contributed by atoms with Crippen LogP contribution in [0.3, 0.4) is 0 Å². The molecular formula is C20H25N3O6S. The molecule has 1 amide bonds. The summed E-state index contributed by atoms with van der Waals surface area (Å²) in [4.78, 5) is 23.2. The number of hydrogen-bond acceptors (Lipinski definition) is 6. The molecule has 2 rings (SSSR count). The molecule has 9 nitrogen and oxygen atoms in total. The predicted molar refractivity (Wildman–Crippen MR) is 114 cm³/mol. The Bertz CT molecular complexity index is 1040. The summed E-state index contributed by atoms with van der Waals surface area (Å²) in [6.07, 6.45) is 0.959. The Balaban J connectivity index is 2.27. The number of nitrogens with zero attached hydrogens (tertiary/aromatic N) is 2. The second kappa shape index (κ2) is 9.57. The summed E-state index contributed by atoms with van der Waals surface area (Å²) in [5, 5.41) is 13.8. The molecule has 1 atom stereocenters. The predicted octanol–water partition coefficient (Wildman–Crippen LogP) is 2.77. The third-order valence-corrected chi connectivity index (χ3v) is 5.63. The Hall–Kier alpha value is -3.14. The summed E-state index contributed by atoms with van der Waals surface area (Å²) in [5.74, 6) is 0.135. The molecule has 0 aliphatic rings. The first kappa shape index (κ1) is 23.1. The SMILES string of the molecule is CCOc1cccc(CNC(=O)[C@H](C)N(c2cc([N+](=O)[O-])ccc2C)S(C)(=O)=O)c1.